The Morgan fingerprint density at radius 3 is 2.72 bits per heavy atom. The fourth-order valence-corrected chi connectivity index (χ4v) is 2.22. The molecular weight excluding hydrogens is 224 g/mol. The largest absolute Gasteiger partial charge is 0.383 e. The van der Waals surface area contributed by atoms with Gasteiger partial charge in [0.1, 0.15) is 0 Å². The molecule has 3 nitrogen and oxygen atoms in total. The Labute approximate surface area is 110 Å². The molecule has 0 aliphatic carbocycles. The second-order valence-electron chi connectivity index (χ2n) is 5.40. The third-order valence-corrected chi connectivity index (χ3v) is 3.15. The minimum Gasteiger partial charge on any atom is -0.383 e. The van der Waals surface area contributed by atoms with E-state index in [0.717, 1.165) is 32.7 Å². The fraction of sp³-hybridized carbons (Fsp3) is 0.600. The Bertz CT molecular complexity index is 342. The zero-order valence-corrected chi connectivity index (χ0v) is 11.4. The maximum atomic E-state index is 5.43. The highest BCUT2D eigenvalue weighted by atomic mass is 16.5. The van der Waals surface area contributed by atoms with Gasteiger partial charge in [-0.15, -0.1) is 0 Å². The number of nitrogens with one attached hydrogen (secondary N) is 2. The molecule has 0 amide bonds. The Hall–Kier alpha value is -1.06. The second kappa shape index (κ2) is 6.76. The molecule has 1 atom stereocenters. The first-order valence-electron chi connectivity index (χ1n) is 6.88. The molecule has 1 heterocycles. The first-order valence-corrected chi connectivity index (χ1v) is 6.88. The van der Waals surface area contributed by atoms with Crippen LogP contribution in [0.3, 0.4) is 0 Å². The molecule has 0 bridgehead atoms. The van der Waals surface area contributed by atoms with E-state index >= 15 is 0 Å². The maximum absolute atomic E-state index is 5.43. The topological polar surface area (TPSA) is 33.3 Å². The molecule has 1 fully saturated rings. The average Bonchev–Trinajstić information content (AvgIpc) is 2.38. The summed E-state index contributed by atoms with van der Waals surface area (Å²) in [6, 6.07) is 9.19. The molecular formula is C15H24N2O. The number of hydrogen-bond donors (Lipinski definition) is 2. The SMILES string of the molecule is CC(C)Cc1ccc(NCC2COCCN2)cc1. The zero-order chi connectivity index (χ0) is 12.8. The van der Waals surface area contributed by atoms with Crippen molar-refractivity contribution in [2.45, 2.75) is 26.3 Å². The molecule has 0 saturated carbocycles. The summed E-state index contributed by atoms with van der Waals surface area (Å²) in [6.07, 6.45) is 1.15. The quantitative estimate of drug-likeness (QED) is 0.839. The Kier molecular flexibility index (Phi) is 5.02. The van der Waals surface area contributed by atoms with E-state index in [-0.39, 0.29) is 0 Å². The van der Waals surface area contributed by atoms with Crippen LogP contribution in [0.4, 0.5) is 5.69 Å². The standard InChI is InChI=1S/C15H24N2O/c1-12(2)9-13-3-5-14(6-4-13)17-10-15-11-18-8-7-16-15/h3-6,12,15-17H,7-11H2,1-2H3. The Morgan fingerprint density at radius 2 is 2.11 bits per heavy atom. The first-order chi connectivity index (χ1) is 8.74. The van der Waals surface area contributed by atoms with Crippen LogP contribution in [0, 0.1) is 5.92 Å². The number of morpholine rings is 1. The molecule has 1 aromatic carbocycles. The molecule has 1 aromatic rings. The highest BCUT2D eigenvalue weighted by molar-refractivity contribution is 5.44. The van der Waals surface area contributed by atoms with E-state index in [1.165, 1.54) is 11.3 Å². The number of ether oxygens (including phenoxy) is 1. The van der Waals surface area contributed by atoms with Crippen molar-refractivity contribution in [3.8, 4) is 0 Å². The summed E-state index contributed by atoms with van der Waals surface area (Å²) < 4.78 is 5.43. The molecule has 3 heteroatoms. The van der Waals surface area contributed by atoms with Gasteiger partial charge in [0.2, 0.25) is 0 Å². The lowest BCUT2D eigenvalue weighted by Gasteiger charge is -2.24. The third-order valence-electron chi connectivity index (χ3n) is 3.15. The number of benzene rings is 1. The van der Waals surface area contributed by atoms with Crippen LogP contribution in [-0.2, 0) is 11.2 Å². The third kappa shape index (κ3) is 4.31. The van der Waals surface area contributed by atoms with Gasteiger partial charge in [-0.05, 0) is 30.0 Å². The van der Waals surface area contributed by atoms with Crippen LogP contribution in [0.25, 0.3) is 0 Å². The highest BCUT2D eigenvalue weighted by Gasteiger charge is 2.11. The molecule has 1 aliphatic heterocycles. The van der Waals surface area contributed by atoms with Gasteiger partial charge in [-0.3, -0.25) is 0 Å². The van der Waals surface area contributed by atoms with Crippen molar-refractivity contribution in [2.75, 3.05) is 31.6 Å². The summed E-state index contributed by atoms with van der Waals surface area (Å²) in [5, 5.41) is 6.89. The van der Waals surface area contributed by atoms with Gasteiger partial charge < -0.3 is 15.4 Å². The van der Waals surface area contributed by atoms with E-state index in [9.17, 15) is 0 Å². The average molecular weight is 248 g/mol. The summed E-state index contributed by atoms with van der Waals surface area (Å²) >= 11 is 0. The second-order valence-corrected chi connectivity index (χ2v) is 5.40. The predicted molar refractivity (Wildman–Crippen MR) is 76.1 cm³/mol. The molecule has 0 spiro atoms. The molecule has 2 rings (SSSR count). The molecule has 2 N–H and O–H groups in total. The van der Waals surface area contributed by atoms with E-state index in [0.29, 0.717) is 12.0 Å². The molecule has 1 unspecified atom stereocenters. The summed E-state index contributed by atoms with van der Waals surface area (Å²) in [6.45, 7) is 8.02. The van der Waals surface area contributed by atoms with E-state index in [4.69, 9.17) is 4.74 Å². The van der Waals surface area contributed by atoms with E-state index in [2.05, 4.69) is 48.7 Å². The van der Waals surface area contributed by atoms with Gasteiger partial charge in [0.05, 0.1) is 13.2 Å². The molecule has 1 aliphatic rings. The molecule has 0 radical (unpaired) electrons. The van der Waals surface area contributed by atoms with E-state index in [1.54, 1.807) is 0 Å². The lowest BCUT2D eigenvalue weighted by Crippen LogP contribution is -2.45. The lowest BCUT2D eigenvalue weighted by molar-refractivity contribution is 0.0806. The number of rotatable bonds is 5. The van der Waals surface area contributed by atoms with Crippen LogP contribution in [0.2, 0.25) is 0 Å². The van der Waals surface area contributed by atoms with E-state index in [1.807, 2.05) is 0 Å². The van der Waals surface area contributed by atoms with E-state index < -0.39 is 0 Å². The molecule has 18 heavy (non-hydrogen) atoms. The number of anilines is 1. The predicted octanol–water partition coefficient (Wildman–Crippen LogP) is 2.29. The Balaban J connectivity index is 1.78. The maximum Gasteiger partial charge on any atom is 0.0637 e. The first kappa shape index (κ1) is 13.4. The van der Waals surface area contributed by atoms with Crippen molar-refractivity contribution in [1.29, 1.82) is 0 Å². The minimum atomic E-state index is 0.425. The summed E-state index contributed by atoms with van der Waals surface area (Å²) in [5.41, 5.74) is 2.60. The zero-order valence-electron chi connectivity index (χ0n) is 11.4. The smallest absolute Gasteiger partial charge is 0.0637 e. The van der Waals surface area contributed by atoms with Gasteiger partial charge in [-0.1, -0.05) is 26.0 Å². The summed E-state index contributed by atoms with van der Waals surface area (Å²) in [7, 11) is 0. The van der Waals surface area contributed by atoms with Crippen molar-refractivity contribution in [1.82, 2.24) is 5.32 Å². The van der Waals surface area contributed by atoms with Crippen LogP contribution >= 0.6 is 0 Å². The van der Waals surface area contributed by atoms with Gasteiger partial charge in [0.25, 0.3) is 0 Å². The van der Waals surface area contributed by atoms with Crippen LogP contribution in [-0.4, -0.2) is 32.3 Å². The lowest BCUT2D eigenvalue weighted by atomic mass is 10.0. The van der Waals surface area contributed by atoms with Gasteiger partial charge >= 0.3 is 0 Å². The van der Waals surface area contributed by atoms with Crippen molar-refractivity contribution in [3.05, 3.63) is 29.8 Å². The van der Waals surface area contributed by atoms with Crippen LogP contribution < -0.4 is 10.6 Å². The minimum absolute atomic E-state index is 0.425. The van der Waals surface area contributed by atoms with Crippen molar-refractivity contribution < 1.29 is 4.74 Å². The molecule has 100 valence electrons. The Morgan fingerprint density at radius 1 is 1.33 bits per heavy atom. The molecule has 1 saturated heterocycles. The van der Waals surface area contributed by atoms with Gasteiger partial charge in [0, 0.05) is 24.8 Å². The molecule has 0 aromatic heterocycles. The van der Waals surface area contributed by atoms with Crippen LogP contribution in [0.5, 0.6) is 0 Å². The van der Waals surface area contributed by atoms with Crippen molar-refractivity contribution in [3.63, 3.8) is 0 Å². The van der Waals surface area contributed by atoms with Crippen molar-refractivity contribution in [2.24, 2.45) is 5.92 Å². The van der Waals surface area contributed by atoms with Gasteiger partial charge in [0.15, 0.2) is 0 Å². The number of hydrogen-bond acceptors (Lipinski definition) is 3. The summed E-state index contributed by atoms with van der Waals surface area (Å²) in [5.74, 6) is 0.715. The highest BCUT2D eigenvalue weighted by Crippen LogP contribution is 2.13. The van der Waals surface area contributed by atoms with Crippen molar-refractivity contribution >= 4 is 5.69 Å². The van der Waals surface area contributed by atoms with Gasteiger partial charge in [-0.25, -0.2) is 0 Å². The normalized spacial score (nSPS) is 20.1. The summed E-state index contributed by atoms with van der Waals surface area (Å²) in [4.78, 5) is 0. The van der Waals surface area contributed by atoms with Crippen LogP contribution in [0.15, 0.2) is 24.3 Å². The van der Waals surface area contributed by atoms with Crippen LogP contribution in [0.1, 0.15) is 19.4 Å². The monoisotopic (exact) mass is 248 g/mol. The van der Waals surface area contributed by atoms with Gasteiger partial charge in [-0.2, -0.15) is 0 Å². The fourth-order valence-electron chi connectivity index (χ4n) is 2.22.